The zero-order valence-corrected chi connectivity index (χ0v) is 15.3. The van der Waals surface area contributed by atoms with Gasteiger partial charge in [0.15, 0.2) is 11.8 Å². The summed E-state index contributed by atoms with van der Waals surface area (Å²) in [6, 6.07) is 5.03. The Morgan fingerprint density at radius 1 is 1.38 bits per heavy atom. The molecule has 2 aliphatic rings. The van der Waals surface area contributed by atoms with Gasteiger partial charge in [-0.3, -0.25) is 4.79 Å². The fourth-order valence-corrected chi connectivity index (χ4v) is 3.82. The SMILES string of the molecule is CC(C)CN1C(=O)C2SC=CC2=[N+](CC(=O)Nc2cccc(F)c2)C1=O. The average molecular weight is 376 g/mol. The minimum Gasteiger partial charge on any atom is -0.323 e. The Bertz CT molecular complexity index is 835. The van der Waals surface area contributed by atoms with Gasteiger partial charge in [-0.2, -0.15) is 14.3 Å². The van der Waals surface area contributed by atoms with E-state index >= 15 is 0 Å². The largest absolute Gasteiger partial charge is 0.501 e. The zero-order valence-electron chi connectivity index (χ0n) is 14.4. The number of benzene rings is 1. The van der Waals surface area contributed by atoms with Crippen LogP contribution in [0.4, 0.5) is 14.9 Å². The lowest BCUT2D eigenvalue weighted by Gasteiger charge is -2.25. The number of carbonyl (C=O) groups excluding carboxylic acids is 3. The minimum absolute atomic E-state index is 0.117. The van der Waals surface area contributed by atoms with Gasteiger partial charge in [0.05, 0.1) is 6.54 Å². The van der Waals surface area contributed by atoms with Crippen molar-refractivity contribution in [2.24, 2.45) is 5.92 Å². The summed E-state index contributed by atoms with van der Waals surface area (Å²) in [4.78, 5) is 38.9. The number of hydrogen-bond donors (Lipinski definition) is 1. The van der Waals surface area contributed by atoms with Crippen LogP contribution in [0.3, 0.4) is 0 Å². The van der Waals surface area contributed by atoms with Crippen molar-refractivity contribution in [1.29, 1.82) is 0 Å². The molecular formula is C18H19FN3O3S+. The molecular weight excluding hydrogens is 357 g/mol. The normalized spacial score (nSPS) is 19.4. The van der Waals surface area contributed by atoms with E-state index in [1.165, 1.54) is 39.4 Å². The number of allylic oxidation sites excluding steroid dienone is 1. The molecule has 0 fully saturated rings. The molecule has 1 aromatic rings. The van der Waals surface area contributed by atoms with Crippen LogP contribution in [0.5, 0.6) is 0 Å². The van der Waals surface area contributed by atoms with Crippen LogP contribution in [-0.4, -0.2) is 51.4 Å². The number of carbonyl (C=O) groups is 3. The second-order valence-corrected chi connectivity index (χ2v) is 7.53. The molecule has 0 saturated heterocycles. The molecule has 1 aromatic carbocycles. The molecule has 0 aromatic heterocycles. The summed E-state index contributed by atoms with van der Waals surface area (Å²) < 4.78 is 14.6. The van der Waals surface area contributed by atoms with Crippen LogP contribution in [0.15, 0.2) is 35.7 Å². The van der Waals surface area contributed by atoms with Crippen molar-refractivity contribution in [3.8, 4) is 0 Å². The molecule has 2 aliphatic heterocycles. The molecule has 2 heterocycles. The number of amides is 4. The number of anilines is 1. The number of halogens is 1. The zero-order chi connectivity index (χ0) is 18.8. The molecule has 0 bridgehead atoms. The van der Waals surface area contributed by atoms with Gasteiger partial charge >= 0.3 is 11.9 Å². The first-order valence-corrected chi connectivity index (χ1v) is 9.18. The number of imide groups is 1. The fourth-order valence-electron chi connectivity index (χ4n) is 2.86. The number of hydrogen-bond acceptors (Lipinski definition) is 4. The highest BCUT2D eigenvalue weighted by atomic mass is 32.2. The summed E-state index contributed by atoms with van der Waals surface area (Å²) in [7, 11) is 0. The summed E-state index contributed by atoms with van der Waals surface area (Å²) in [6.45, 7) is 3.89. The van der Waals surface area contributed by atoms with Crippen LogP contribution in [0, 0.1) is 11.7 Å². The van der Waals surface area contributed by atoms with Crippen LogP contribution in [-0.2, 0) is 9.59 Å². The highest BCUT2D eigenvalue weighted by Gasteiger charge is 2.49. The van der Waals surface area contributed by atoms with E-state index in [1.54, 1.807) is 17.6 Å². The standard InChI is InChI=1S/C18H18FN3O3S/c1-11(2)9-22-17(24)16-14(6-7-26-16)21(18(22)25)10-15(23)20-13-5-3-4-12(19)8-13/h3-8,11,16H,9-10H2,1-2H3/p+1. The van der Waals surface area contributed by atoms with Crippen molar-refractivity contribution in [2.45, 2.75) is 19.1 Å². The third-order valence-corrected chi connectivity index (χ3v) is 4.95. The summed E-state index contributed by atoms with van der Waals surface area (Å²) in [5, 5.41) is 3.82. The third kappa shape index (κ3) is 3.70. The number of rotatable bonds is 5. The van der Waals surface area contributed by atoms with E-state index in [4.69, 9.17) is 0 Å². The molecule has 136 valence electrons. The molecule has 0 spiro atoms. The maximum absolute atomic E-state index is 13.3. The van der Waals surface area contributed by atoms with Crippen molar-refractivity contribution < 1.29 is 23.3 Å². The third-order valence-electron chi connectivity index (χ3n) is 3.94. The monoisotopic (exact) mass is 376 g/mol. The van der Waals surface area contributed by atoms with Gasteiger partial charge in [0, 0.05) is 5.69 Å². The van der Waals surface area contributed by atoms with Crippen LogP contribution in [0.2, 0.25) is 0 Å². The van der Waals surface area contributed by atoms with E-state index in [0.29, 0.717) is 17.9 Å². The molecule has 4 amide bonds. The molecule has 6 nitrogen and oxygen atoms in total. The van der Waals surface area contributed by atoms with E-state index in [2.05, 4.69) is 5.32 Å². The molecule has 26 heavy (non-hydrogen) atoms. The van der Waals surface area contributed by atoms with Gasteiger partial charge in [0.25, 0.3) is 5.91 Å². The number of nitrogens with zero attached hydrogens (tertiary/aromatic N) is 2. The van der Waals surface area contributed by atoms with E-state index in [-0.39, 0.29) is 18.4 Å². The van der Waals surface area contributed by atoms with Crippen molar-refractivity contribution in [1.82, 2.24) is 4.90 Å². The van der Waals surface area contributed by atoms with Crippen LogP contribution in [0.25, 0.3) is 0 Å². The van der Waals surface area contributed by atoms with E-state index in [0.717, 1.165) is 0 Å². The topological polar surface area (TPSA) is 69.5 Å². The number of nitrogens with one attached hydrogen (secondary N) is 1. The van der Waals surface area contributed by atoms with Gasteiger partial charge in [0.1, 0.15) is 11.5 Å². The van der Waals surface area contributed by atoms with Crippen molar-refractivity contribution in [3.63, 3.8) is 0 Å². The molecule has 1 unspecified atom stereocenters. The Labute approximate surface area is 154 Å². The first-order chi connectivity index (χ1) is 12.4. The Balaban J connectivity index is 1.83. The van der Waals surface area contributed by atoms with Crippen molar-refractivity contribution in [3.05, 3.63) is 41.6 Å². The molecule has 3 rings (SSSR count). The maximum atomic E-state index is 13.3. The lowest BCUT2D eigenvalue weighted by molar-refractivity contribution is -0.426. The predicted octanol–water partition coefficient (Wildman–Crippen LogP) is 2.47. The molecule has 8 heteroatoms. The molecule has 1 atom stereocenters. The summed E-state index contributed by atoms with van der Waals surface area (Å²) in [5.74, 6) is -1.06. The molecule has 0 saturated carbocycles. The first-order valence-electron chi connectivity index (χ1n) is 8.24. The Morgan fingerprint density at radius 3 is 2.85 bits per heavy atom. The smallest absolute Gasteiger partial charge is 0.323 e. The van der Waals surface area contributed by atoms with Crippen LogP contribution in [0.1, 0.15) is 13.8 Å². The Hall–Kier alpha value is -2.48. The Morgan fingerprint density at radius 2 is 2.15 bits per heavy atom. The van der Waals surface area contributed by atoms with E-state index < -0.39 is 23.0 Å². The van der Waals surface area contributed by atoms with E-state index in [1.807, 2.05) is 13.8 Å². The van der Waals surface area contributed by atoms with Crippen LogP contribution >= 0.6 is 11.8 Å². The summed E-state index contributed by atoms with van der Waals surface area (Å²) in [5.41, 5.74) is 0.826. The molecule has 1 N–H and O–H groups in total. The fraction of sp³-hybridized carbons (Fsp3) is 0.333. The number of urea groups is 1. The lowest BCUT2D eigenvalue weighted by atomic mass is 10.1. The van der Waals surface area contributed by atoms with Gasteiger partial charge in [-0.05, 0) is 35.6 Å². The number of fused-ring (bicyclic) bond motifs is 1. The summed E-state index contributed by atoms with van der Waals surface area (Å²) in [6.07, 6.45) is 1.69. The van der Waals surface area contributed by atoms with Gasteiger partial charge in [-0.15, -0.1) is 11.8 Å². The Kier molecular flexibility index (Phi) is 5.22. The van der Waals surface area contributed by atoms with Crippen molar-refractivity contribution >= 4 is 41.0 Å². The minimum atomic E-state index is -0.506. The highest BCUT2D eigenvalue weighted by molar-refractivity contribution is 8.04. The quantitative estimate of drug-likeness (QED) is 0.802. The van der Waals surface area contributed by atoms with Gasteiger partial charge in [-0.1, -0.05) is 19.9 Å². The van der Waals surface area contributed by atoms with Crippen molar-refractivity contribution in [2.75, 3.05) is 18.4 Å². The first kappa shape index (κ1) is 18.3. The number of thioether (sulfide) groups is 1. The maximum Gasteiger partial charge on any atom is 0.501 e. The molecule has 0 aliphatic carbocycles. The van der Waals surface area contributed by atoms with Gasteiger partial charge in [-0.25, -0.2) is 9.18 Å². The summed E-state index contributed by atoms with van der Waals surface area (Å²) >= 11 is 1.32. The predicted molar refractivity (Wildman–Crippen MR) is 97.6 cm³/mol. The average Bonchev–Trinajstić information content (AvgIpc) is 3.05. The second-order valence-electron chi connectivity index (χ2n) is 6.51. The van der Waals surface area contributed by atoms with Gasteiger partial charge in [0.2, 0.25) is 0 Å². The van der Waals surface area contributed by atoms with Crippen LogP contribution < -0.4 is 5.32 Å². The second kappa shape index (κ2) is 7.41. The van der Waals surface area contributed by atoms with E-state index in [9.17, 15) is 18.8 Å². The van der Waals surface area contributed by atoms with Gasteiger partial charge < -0.3 is 5.32 Å². The lowest BCUT2D eigenvalue weighted by Crippen LogP contribution is -2.57. The molecule has 0 radical (unpaired) electrons. The highest BCUT2D eigenvalue weighted by Crippen LogP contribution is 2.28.